The van der Waals surface area contributed by atoms with Gasteiger partial charge in [-0.3, -0.25) is 14.9 Å². The van der Waals surface area contributed by atoms with E-state index in [1.54, 1.807) is 16.6 Å². The quantitative estimate of drug-likeness (QED) is 0.410. The molecule has 0 N–H and O–H groups in total. The summed E-state index contributed by atoms with van der Waals surface area (Å²) < 4.78 is 1.54. The molecule has 0 spiro atoms. The molecule has 0 bridgehead atoms. The molecule has 2 heterocycles. The lowest BCUT2D eigenvalue weighted by Crippen LogP contribution is -1.95. The van der Waals surface area contributed by atoms with Crippen molar-refractivity contribution in [3.05, 3.63) is 45.1 Å². The summed E-state index contributed by atoms with van der Waals surface area (Å²) in [7, 11) is 0. The summed E-state index contributed by atoms with van der Waals surface area (Å²) in [5, 5.41) is 16.0. The number of rotatable bonds is 5. The van der Waals surface area contributed by atoms with E-state index >= 15 is 0 Å². The fraction of sp³-hybridized carbons (Fsp3) is 0.214. The number of fused-ring (bicyclic) bond motifs is 1. The number of nitro groups is 1. The Bertz CT molecular complexity index is 851. The third-order valence-corrected chi connectivity index (χ3v) is 4.18. The van der Waals surface area contributed by atoms with Gasteiger partial charge in [0.15, 0.2) is 6.29 Å². The minimum absolute atomic E-state index is 0.000723. The molecule has 0 unspecified atom stereocenters. The van der Waals surface area contributed by atoms with Crippen LogP contribution in [0.2, 0.25) is 0 Å². The lowest BCUT2D eigenvalue weighted by molar-refractivity contribution is -0.384. The zero-order valence-corrected chi connectivity index (χ0v) is 12.5. The Morgan fingerprint density at radius 1 is 1.36 bits per heavy atom. The number of benzene rings is 1. The minimum atomic E-state index is -0.464. The van der Waals surface area contributed by atoms with Gasteiger partial charge in [0, 0.05) is 24.1 Å². The van der Waals surface area contributed by atoms with Crippen LogP contribution in [0.3, 0.4) is 0 Å². The average Bonchev–Trinajstić information content (AvgIpc) is 3.04. The van der Waals surface area contributed by atoms with Gasteiger partial charge in [-0.1, -0.05) is 18.3 Å². The van der Waals surface area contributed by atoms with Crippen LogP contribution in [0.1, 0.15) is 28.8 Å². The van der Waals surface area contributed by atoms with Crippen molar-refractivity contribution < 1.29 is 9.72 Å². The largest absolute Gasteiger partial charge is 0.296 e. The Labute approximate surface area is 129 Å². The van der Waals surface area contributed by atoms with Crippen LogP contribution in [0.15, 0.2) is 24.3 Å². The first-order valence-electron chi connectivity index (χ1n) is 6.72. The summed E-state index contributed by atoms with van der Waals surface area (Å²) >= 11 is 1.45. The zero-order valence-electron chi connectivity index (χ0n) is 11.7. The predicted molar refractivity (Wildman–Crippen MR) is 82.3 cm³/mol. The fourth-order valence-electron chi connectivity index (χ4n) is 2.18. The SMILES string of the molecule is CCCc1nn2c(C=O)c(-c3ccc([N+](=O)[O-])cc3)nc2s1. The predicted octanol–water partition coefficient (Wildman–Crippen LogP) is 3.13. The molecule has 0 aliphatic heterocycles. The first-order valence-corrected chi connectivity index (χ1v) is 7.54. The van der Waals surface area contributed by atoms with Crippen molar-refractivity contribution in [2.24, 2.45) is 0 Å². The van der Waals surface area contributed by atoms with E-state index in [1.807, 2.05) is 0 Å². The second-order valence-electron chi connectivity index (χ2n) is 4.71. The molecule has 112 valence electrons. The highest BCUT2D eigenvalue weighted by atomic mass is 32.1. The van der Waals surface area contributed by atoms with Gasteiger partial charge in [0.05, 0.1) is 4.92 Å². The smallest absolute Gasteiger partial charge is 0.269 e. The third-order valence-electron chi connectivity index (χ3n) is 3.21. The standard InChI is InChI=1S/C14H12N4O3S/c1-2-3-12-16-17-11(8-19)13(15-14(17)22-12)9-4-6-10(7-5-9)18(20)21/h4-8H,2-3H2,1H3. The lowest BCUT2D eigenvalue weighted by Gasteiger charge is -1.98. The van der Waals surface area contributed by atoms with E-state index in [-0.39, 0.29) is 5.69 Å². The molecule has 3 rings (SSSR count). The number of carbonyl (C=O) groups is 1. The highest BCUT2D eigenvalue weighted by molar-refractivity contribution is 7.16. The van der Waals surface area contributed by atoms with E-state index in [4.69, 9.17) is 0 Å². The van der Waals surface area contributed by atoms with Crippen LogP contribution in [0.25, 0.3) is 16.2 Å². The number of aldehydes is 1. The number of non-ortho nitro benzene ring substituents is 1. The number of nitro benzene ring substituents is 1. The maximum absolute atomic E-state index is 11.4. The molecule has 0 amide bonds. The minimum Gasteiger partial charge on any atom is -0.296 e. The number of carbonyl (C=O) groups excluding carboxylic acids is 1. The molecule has 0 saturated heterocycles. The third kappa shape index (κ3) is 2.37. The van der Waals surface area contributed by atoms with Crippen LogP contribution in [-0.4, -0.2) is 25.8 Å². The van der Waals surface area contributed by atoms with Crippen LogP contribution in [0.5, 0.6) is 0 Å². The first kappa shape index (κ1) is 14.3. The van der Waals surface area contributed by atoms with Gasteiger partial charge < -0.3 is 0 Å². The van der Waals surface area contributed by atoms with Crippen molar-refractivity contribution in [3.63, 3.8) is 0 Å². The molecule has 1 aromatic carbocycles. The highest BCUT2D eigenvalue weighted by Crippen LogP contribution is 2.27. The average molecular weight is 316 g/mol. The Morgan fingerprint density at radius 3 is 2.68 bits per heavy atom. The lowest BCUT2D eigenvalue weighted by atomic mass is 10.1. The van der Waals surface area contributed by atoms with Crippen molar-refractivity contribution >= 4 is 28.3 Å². The van der Waals surface area contributed by atoms with E-state index in [1.165, 1.54) is 23.5 Å². The molecule has 7 nitrogen and oxygen atoms in total. The molecule has 22 heavy (non-hydrogen) atoms. The summed E-state index contributed by atoms with van der Waals surface area (Å²) in [6.07, 6.45) is 2.54. The van der Waals surface area contributed by atoms with Crippen molar-refractivity contribution in [1.82, 2.24) is 14.6 Å². The second kappa shape index (κ2) is 5.64. The normalized spacial score (nSPS) is 11.0. The highest BCUT2D eigenvalue weighted by Gasteiger charge is 2.18. The van der Waals surface area contributed by atoms with Gasteiger partial charge in [-0.25, -0.2) is 4.98 Å². The summed E-state index contributed by atoms with van der Waals surface area (Å²) in [6, 6.07) is 5.97. The van der Waals surface area contributed by atoms with E-state index in [0.717, 1.165) is 17.8 Å². The maximum atomic E-state index is 11.4. The molecular weight excluding hydrogens is 304 g/mol. The fourth-order valence-corrected chi connectivity index (χ4v) is 3.18. The molecular formula is C14H12N4O3S. The summed E-state index contributed by atoms with van der Waals surface area (Å²) in [6.45, 7) is 2.06. The second-order valence-corrected chi connectivity index (χ2v) is 5.75. The molecule has 8 heteroatoms. The van der Waals surface area contributed by atoms with Gasteiger partial charge in [0.2, 0.25) is 4.96 Å². The van der Waals surface area contributed by atoms with Gasteiger partial charge in [0.25, 0.3) is 5.69 Å². The number of aryl methyl sites for hydroxylation is 1. The number of aromatic nitrogens is 3. The van der Waals surface area contributed by atoms with Crippen LogP contribution in [0.4, 0.5) is 5.69 Å². The number of hydrogen-bond acceptors (Lipinski definition) is 6. The van der Waals surface area contributed by atoms with Crippen molar-refractivity contribution in [3.8, 4) is 11.3 Å². The summed E-state index contributed by atoms with van der Waals surface area (Å²) in [4.78, 5) is 26.7. The van der Waals surface area contributed by atoms with Crippen molar-refractivity contribution in [1.29, 1.82) is 0 Å². The van der Waals surface area contributed by atoms with Crippen LogP contribution < -0.4 is 0 Å². The Morgan fingerprint density at radius 2 is 2.09 bits per heavy atom. The van der Waals surface area contributed by atoms with E-state index in [0.29, 0.717) is 28.2 Å². The Balaban J connectivity index is 2.08. The molecule has 0 aliphatic rings. The van der Waals surface area contributed by atoms with E-state index in [9.17, 15) is 14.9 Å². The molecule has 0 fully saturated rings. The van der Waals surface area contributed by atoms with Gasteiger partial charge >= 0.3 is 0 Å². The number of imidazole rings is 1. The number of hydrogen-bond donors (Lipinski definition) is 0. The topological polar surface area (TPSA) is 90.4 Å². The molecule has 0 aliphatic carbocycles. The Hall–Kier alpha value is -2.61. The summed E-state index contributed by atoms with van der Waals surface area (Å²) in [5.74, 6) is 0. The molecule has 0 saturated carbocycles. The number of nitrogens with zero attached hydrogens (tertiary/aromatic N) is 4. The van der Waals surface area contributed by atoms with Crippen LogP contribution in [0, 0.1) is 10.1 Å². The van der Waals surface area contributed by atoms with Crippen molar-refractivity contribution in [2.45, 2.75) is 19.8 Å². The summed E-state index contributed by atoms with van der Waals surface area (Å²) in [5.41, 5.74) is 1.51. The molecule has 3 aromatic rings. The Kier molecular flexibility index (Phi) is 3.68. The monoisotopic (exact) mass is 316 g/mol. The van der Waals surface area contributed by atoms with Gasteiger partial charge in [0.1, 0.15) is 16.4 Å². The maximum Gasteiger partial charge on any atom is 0.269 e. The zero-order chi connectivity index (χ0) is 15.7. The first-order chi connectivity index (χ1) is 10.6. The van der Waals surface area contributed by atoms with Crippen LogP contribution >= 0.6 is 11.3 Å². The molecule has 2 aromatic heterocycles. The van der Waals surface area contributed by atoms with Gasteiger partial charge in [-0.05, 0) is 18.6 Å². The van der Waals surface area contributed by atoms with Gasteiger partial charge in [-0.2, -0.15) is 9.61 Å². The molecule has 0 atom stereocenters. The van der Waals surface area contributed by atoms with Crippen LogP contribution in [-0.2, 0) is 6.42 Å². The van der Waals surface area contributed by atoms with Crippen molar-refractivity contribution in [2.75, 3.05) is 0 Å². The van der Waals surface area contributed by atoms with E-state index in [2.05, 4.69) is 17.0 Å². The van der Waals surface area contributed by atoms with Gasteiger partial charge in [-0.15, -0.1) is 0 Å². The molecule has 0 radical (unpaired) electrons. The van der Waals surface area contributed by atoms with E-state index < -0.39 is 4.92 Å².